The molecule has 0 N–H and O–H groups in total. The summed E-state index contributed by atoms with van der Waals surface area (Å²) in [6, 6.07) is 6.41. The van der Waals surface area contributed by atoms with Crippen LogP contribution in [0, 0.1) is 6.42 Å². The summed E-state index contributed by atoms with van der Waals surface area (Å²) in [4.78, 5) is 4.72. The Hall–Kier alpha value is -0.336. The maximum Gasteiger partial charge on any atom is 0.0970 e. The van der Waals surface area contributed by atoms with Crippen LogP contribution in [-0.2, 0) is 45.7 Å². The molecule has 16 heavy (non-hydrogen) atoms. The molecule has 3 rings (SSSR count). The van der Waals surface area contributed by atoms with Crippen molar-refractivity contribution in [1.29, 1.82) is 0 Å². The van der Waals surface area contributed by atoms with Crippen LogP contribution in [0.4, 0.5) is 0 Å². The van der Waals surface area contributed by atoms with Crippen LogP contribution >= 0.6 is 0 Å². The van der Waals surface area contributed by atoms with Crippen LogP contribution in [0.3, 0.4) is 0 Å². The van der Waals surface area contributed by atoms with Gasteiger partial charge in [-0.05, 0) is 11.9 Å². The normalized spacial score (nSPS) is 13.3. The van der Waals surface area contributed by atoms with Crippen molar-refractivity contribution in [2.45, 2.75) is 32.7 Å². The first-order valence-electron chi connectivity index (χ1n) is 5.71. The molecule has 0 fully saturated rings. The van der Waals surface area contributed by atoms with E-state index in [1.807, 2.05) is 0 Å². The molecule has 2 aromatic rings. The Labute approximate surface area is 121 Å². The molecule has 1 aromatic carbocycles. The fourth-order valence-electron chi connectivity index (χ4n) is 2.43. The van der Waals surface area contributed by atoms with Gasteiger partial charge in [-0.1, -0.05) is 19.4 Å². The SMILES string of the molecule is CCCc1nc2cccc3c2n1CC[CH-]3.[Y]. The fourth-order valence-corrected chi connectivity index (χ4v) is 2.43. The Bertz CT molecular complexity index is 502. The second-order valence-electron chi connectivity index (χ2n) is 4.14. The third kappa shape index (κ3) is 1.82. The zero-order valence-electron chi connectivity index (χ0n) is 9.61. The minimum Gasteiger partial charge on any atom is -0.382 e. The summed E-state index contributed by atoms with van der Waals surface area (Å²) in [5, 5.41) is 0. The van der Waals surface area contributed by atoms with Crippen molar-refractivity contribution in [3.05, 3.63) is 36.0 Å². The fraction of sp³-hybridized carbons (Fsp3) is 0.385. The third-order valence-electron chi connectivity index (χ3n) is 3.07. The molecular formula is C13H15N2Y-. The molecule has 0 saturated heterocycles. The number of aromatic nitrogens is 2. The van der Waals surface area contributed by atoms with E-state index in [4.69, 9.17) is 4.98 Å². The zero-order chi connectivity index (χ0) is 10.3. The summed E-state index contributed by atoms with van der Waals surface area (Å²) in [5.74, 6) is 1.26. The van der Waals surface area contributed by atoms with E-state index in [1.165, 1.54) is 23.3 Å². The van der Waals surface area contributed by atoms with E-state index in [0.717, 1.165) is 24.9 Å². The van der Waals surface area contributed by atoms with Crippen molar-refractivity contribution in [1.82, 2.24) is 9.55 Å². The standard InChI is InChI=1S/C13H15N2.Y/c1-2-5-12-14-11-8-3-6-10-7-4-9-15(12)13(10)11;/h3,6-8H,2,4-5,9H2,1H3;/q-1;. The Morgan fingerprint density at radius 1 is 1.44 bits per heavy atom. The molecule has 2 heterocycles. The van der Waals surface area contributed by atoms with E-state index in [1.54, 1.807) is 0 Å². The second-order valence-corrected chi connectivity index (χ2v) is 4.14. The number of nitrogens with zero attached hydrogens (tertiary/aromatic N) is 2. The van der Waals surface area contributed by atoms with E-state index < -0.39 is 0 Å². The van der Waals surface area contributed by atoms with Crippen LogP contribution in [0.1, 0.15) is 31.2 Å². The van der Waals surface area contributed by atoms with Crippen molar-refractivity contribution in [3.63, 3.8) is 0 Å². The third-order valence-corrected chi connectivity index (χ3v) is 3.07. The number of hydrogen-bond acceptors (Lipinski definition) is 1. The average Bonchev–Trinajstić information content (AvgIpc) is 2.61. The van der Waals surface area contributed by atoms with Gasteiger partial charge in [0.25, 0.3) is 0 Å². The summed E-state index contributed by atoms with van der Waals surface area (Å²) in [6.45, 7) is 3.31. The van der Waals surface area contributed by atoms with E-state index in [2.05, 4.69) is 36.1 Å². The quantitative estimate of drug-likeness (QED) is 0.777. The molecule has 0 spiro atoms. The van der Waals surface area contributed by atoms with Gasteiger partial charge in [0.15, 0.2) is 0 Å². The maximum atomic E-state index is 4.72. The smallest absolute Gasteiger partial charge is 0.0970 e. The number of para-hydroxylation sites is 1. The van der Waals surface area contributed by atoms with Gasteiger partial charge in [-0.3, -0.25) is 0 Å². The van der Waals surface area contributed by atoms with Gasteiger partial charge in [0.1, 0.15) is 0 Å². The summed E-state index contributed by atoms with van der Waals surface area (Å²) >= 11 is 0. The number of hydrogen-bond donors (Lipinski definition) is 0. The van der Waals surface area contributed by atoms with Gasteiger partial charge in [-0.15, -0.1) is 6.07 Å². The van der Waals surface area contributed by atoms with Crippen LogP contribution in [0.2, 0.25) is 0 Å². The first-order chi connectivity index (χ1) is 7.40. The number of rotatable bonds is 2. The minimum absolute atomic E-state index is 0. The van der Waals surface area contributed by atoms with Crippen molar-refractivity contribution < 1.29 is 32.7 Å². The maximum absolute atomic E-state index is 4.72. The van der Waals surface area contributed by atoms with Gasteiger partial charge in [0.2, 0.25) is 0 Å². The van der Waals surface area contributed by atoms with Gasteiger partial charge in [0, 0.05) is 51.2 Å². The monoisotopic (exact) mass is 288 g/mol. The van der Waals surface area contributed by atoms with E-state index in [-0.39, 0.29) is 32.7 Å². The molecule has 1 aliphatic heterocycles. The second kappa shape index (κ2) is 4.89. The molecule has 0 bridgehead atoms. The number of aryl methyl sites for hydroxylation is 2. The Morgan fingerprint density at radius 3 is 3.12 bits per heavy atom. The molecule has 1 aromatic heterocycles. The van der Waals surface area contributed by atoms with Gasteiger partial charge in [0.05, 0.1) is 5.82 Å². The molecule has 1 aliphatic rings. The molecule has 0 atom stereocenters. The van der Waals surface area contributed by atoms with Gasteiger partial charge >= 0.3 is 0 Å². The van der Waals surface area contributed by atoms with E-state index in [9.17, 15) is 0 Å². The zero-order valence-corrected chi connectivity index (χ0v) is 12.4. The molecule has 81 valence electrons. The first-order valence-corrected chi connectivity index (χ1v) is 5.71. The van der Waals surface area contributed by atoms with Crippen molar-refractivity contribution in [2.75, 3.05) is 0 Å². The van der Waals surface area contributed by atoms with E-state index >= 15 is 0 Å². The predicted octanol–water partition coefficient (Wildman–Crippen LogP) is 2.94. The molecule has 0 unspecified atom stereocenters. The summed E-state index contributed by atoms with van der Waals surface area (Å²) in [6.07, 6.45) is 5.72. The molecule has 1 radical (unpaired) electrons. The Balaban J connectivity index is 0.000000963. The van der Waals surface area contributed by atoms with E-state index in [0.29, 0.717) is 0 Å². The summed E-state index contributed by atoms with van der Waals surface area (Å²) in [5.41, 5.74) is 3.85. The average molecular weight is 288 g/mol. The summed E-state index contributed by atoms with van der Waals surface area (Å²) < 4.78 is 2.40. The van der Waals surface area contributed by atoms with Crippen LogP contribution < -0.4 is 0 Å². The Morgan fingerprint density at radius 2 is 2.31 bits per heavy atom. The first kappa shape index (κ1) is 12.1. The van der Waals surface area contributed by atoms with Crippen molar-refractivity contribution >= 4 is 11.0 Å². The Kier molecular flexibility index (Phi) is 3.71. The van der Waals surface area contributed by atoms with Crippen LogP contribution in [0.25, 0.3) is 11.0 Å². The van der Waals surface area contributed by atoms with Gasteiger partial charge in [-0.2, -0.15) is 18.1 Å². The molecule has 0 saturated carbocycles. The van der Waals surface area contributed by atoms with Crippen LogP contribution in [0.15, 0.2) is 18.2 Å². The predicted molar refractivity (Wildman–Crippen MR) is 61.7 cm³/mol. The number of benzene rings is 1. The molecular weight excluding hydrogens is 273 g/mol. The van der Waals surface area contributed by atoms with Gasteiger partial charge < -0.3 is 4.57 Å². The van der Waals surface area contributed by atoms with Crippen LogP contribution in [-0.4, -0.2) is 9.55 Å². The summed E-state index contributed by atoms with van der Waals surface area (Å²) in [7, 11) is 0. The molecule has 2 nitrogen and oxygen atoms in total. The number of imidazole rings is 1. The largest absolute Gasteiger partial charge is 0.382 e. The topological polar surface area (TPSA) is 17.8 Å². The van der Waals surface area contributed by atoms with Crippen molar-refractivity contribution in [2.24, 2.45) is 0 Å². The van der Waals surface area contributed by atoms with Gasteiger partial charge in [-0.25, -0.2) is 4.98 Å². The molecule has 0 amide bonds. The molecule has 0 aliphatic carbocycles. The molecule has 3 heteroatoms. The van der Waals surface area contributed by atoms with Crippen molar-refractivity contribution in [3.8, 4) is 0 Å². The van der Waals surface area contributed by atoms with Crippen LogP contribution in [0.5, 0.6) is 0 Å². The minimum atomic E-state index is 0.